The number of imidazole rings is 1. The smallest absolute Gasteiger partial charge is 0.223 e. The van der Waals surface area contributed by atoms with E-state index in [-0.39, 0.29) is 29.4 Å². The molecule has 0 bridgehead atoms. The second-order valence-corrected chi connectivity index (χ2v) is 5.28. The third kappa shape index (κ3) is 1.91. The van der Waals surface area contributed by atoms with Crippen molar-refractivity contribution < 1.29 is 9.84 Å². The van der Waals surface area contributed by atoms with E-state index in [1.54, 1.807) is 10.9 Å². The van der Waals surface area contributed by atoms with Crippen molar-refractivity contribution in [1.29, 1.82) is 0 Å². The number of aromatic nitrogens is 4. The molecule has 0 radical (unpaired) electrons. The summed E-state index contributed by atoms with van der Waals surface area (Å²) in [4.78, 5) is 12.1. The van der Waals surface area contributed by atoms with Crippen molar-refractivity contribution in [2.75, 3.05) is 18.1 Å². The Balaban J connectivity index is 2.03. The number of aliphatic hydroxyl groups excluding tert-OH is 1. The number of hydrogen-bond donors (Lipinski definition) is 2. The predicted octanol–water partition coefficient (Wildman–Crippen LogP) is 0.642. The molecule has 0 aliphatic carbocycles. The van der Waals surface area contributed by atoms with Gasteiger partial charge in [-0.1, -0.05) is 11.6 Å². The summed E-state index contributed by atoms with van der Waals surface area (Å²) in [5.74, 6) is 0.802. The largest absolute Gasteiger partial charge is 0.393 e. The van der Waals surface area contributed by atoms with Crippen molar-refractivity contribution in [1.82, 2.24) is 19.5 Å². The summed E-state index contributed by atoms with van der Waals surface area (Å²) in [5, 5.41) is 9.27. The number of rotatable bonds is 2. The summed E-state index contributed by atoms with van der Waals surface area (Å²) >= 11 is 7.48. The number of hydrogen-bond acceptors (Lipinski definition) is 7. The van der Waals surface area contributed by atoms with Crippen LogP contribution in [0.1, 0.15) is 6.23 Å². The minimum Gasteiger partial charge on any atom is -0.393 e. The zero-order valence-corrected chi connectivity index (χ0v) is 10.7. The lowest BCUT2D eigenvalue weighted by atomic mass is 10.5. The molecule has 0 spiro atoms. The van der Waals surface area contributed by atoms with Crippen molar-refractivity contribution in [2.24, 2.45) is 0 Å². The van der Waals surface area contributed by atoms with Crippen LogP contribution in [0.15, 0.2) is 6.33 Å². The lowest BCUT2D eigenvalue weighted by molar-refractivity contribution is -0.00190. The fourth-order valence-corrected chi connectivity index (χ4v) is 2.94. The number of nitrogens with zero attached hydrogens (tertiary/aromatic N) is 4. The predicted molar refractivity (Wildman–Crippen MR) is 68.2 cm³/mol. The van der Waals surface area contributed by atoms with Crippen molar-refractivity contribution >= 4 is 40.5 Å². The molecule has 1 saturated heterocycles. The van der Waals surface area contributed by atoms with Crippen LogP contribution < -0.4 is 5.73 Å². The molecule has 9 heteroatoms. The lowest BCUT2D eigenvalue weighted by Gasteiger charge is -2.12. The molecular formula is C9H10ClN5O2S. The second-order valence-electron chi connectivity index (χ2n) is 3.73. The molecule has 0 amide bonds. The first-order valence-corrected chi connectivity index (χ1v) is 6.65. The van der Waals surface area contributed by atoms with Crippen LogP contribution in [-0.4, -0.2) is 42.4 Å². The van der Waals surface area contributed by atoms with Crippen molar-refractivity contribution in [3.63, 3.8) is 0 Å². The summed E-state index contributed by atoms with van der Waals surface area (Å²) in [6.07, 6.45) is 1.36. The number of ether oxygens (including phenoxy) is 1. The molecule has 2 aromatic heterocycles. The van der Waals surface area contributed by atoms with E-state index >= 15 is 0 Å². The Labute approximate surface area is 111 Å². The number of nitrogens with two attached hydrogens (primary N) is 1. The molecule has 0 aromatic carbocycles. The average molecular weight is 288 g/mol. The average Bonchev–Trinajstić information content (AvgIpc) is 2.93. The topological polar surface area (TPSA) is 99.1 Å². The van der Waals surface area contributed by atoms with Gasteiger partial charge in [-0.2, -0.15) is 9.97 Å². The minimum absolute atomic E-state index is 0.0221. The first kappa shape index (κ1) is 12.0. The summed E-state index contributed by atoms with van der Waals surface area (Å²) in [7, 11) is 0. The fourth-order valence-electron chi connectivity index (χ4n) is 1.79. The highest BCUT2D eigenvalue weighted by Gasteiger charge is 2.28. The SMILES string of the molecule is Nc1nc(Cl)c2ncn([C@H]3CS[C@@H](CO)O3)c2n1. The summed E-state index contributed by atoms with van der Waals surface area (Å²) in [6, 6.07) is 0. The molecule has 2 aromatic rings. The normalized spacial score (nSPS) is 23.9. The standard InChI is InChI=1S/C9H10ClN5O2S/c10-7-6-8(14-9(11)13-7)15(3-12-6)4-2-18-5(1-16)17-4/h3-5,16H,1-2H2,(H2,11,13,14)/t4-,5+/m1/s1. The second kappa shape index (κ2) is 4.54. The van der Waals surface area contributed by atoms with E-state index in [2.05, 4.69) is 15.0 Å². The summed E-state index contributed by atoms with van der Waals surface area (Å²) in [5.41, 5.74) is 6.38. The maximum atomic E-state index is 9.05. The molecule has 0 saturated carbocycles. The number of fused-ring (bicyclic) bond motifs is 1. The maximum absolute atomic E-state index is 9.05. The highest BCUT2D eigenvalue weighted by molar-refractivity contribution is 8.00. The third-order valence-corrected chi connectivity index (χ3v) is 3.96. The molecule has 96 valence electrons. The van der Waals surface area contributed by atoms with Gasteiger partial charge in [0.15, 0.2) is 10.8 Å². The van der Waals surface area contributed by atoms with Gasteiger partial charge in [-0.15, -0.1) is 11.8 Å². The van der Waals surface area contributed by atoms with Gasteiger partial charge < -0.3 is 15.6 Å². The van der Waals surface area contributed by atoms with Crippen LogP contribution in [0.2, 0.25) is 5.15 Å². The Morgan fingerprint density at radius 1 is 1.61 bits per heavy atom. The van der Waals surface area contributed by atoms with Crippen LogP contribution in [-0.2, 0) is 4.74 Å². The number of halogens is 1. The van der Waals surface area contributed by atoms with Gasteiger partial charge >= 0.3 is 0 Å². The number of nitrogen functional groups attached to an aromatic ring is 1. The molecule has 18 heavy (non-hydrogen) atoms. The van der Waals surface area contributed by atoms with Gasteiger partial charge in [0.1, 0.15) is 17.2 Å². The van der Waals surface area contributed by atoms with Gasteiger partial charge in [-0.3, -0.25) is 4.57 Å². The molecule has 1 fully saturated rings. The van der Waals surface area contributed by atoms with Crippen molar-refractivity contribution in [3.8, 4) is 0 Å². The number of thioether (sulfide) groups is 1. The van der Waals surface area contributed by atoms with E-state index in [9.17, 15) is 0 Å². The number of anilines is 1. The van der Waals surface area contributed by atoms with Crippen LogP contribution in [0.5, 0.6) is 0 Å². The Morgan fingerprint density at radius 3 is 3.17 bits per heavy atom. The monoisotopic (exact) mass is 287 g/mol. The van der Waals surface area contributed by atoms with Crippen LogP contribution in [0.3, 0.4) is 0 Å². The Bertz CT molecular complexity index is 592. The van der Waals surface area contributed by atoms with Gasteiger partial charge in [0.25, 0.3) is 0 Å². The van der Waals surface area contributed by atoms with Crippen LogP contribution in [0, 0.1) is 0 Å². The molecule has 1 aliphatic heterocycles. The van der Waals surface area contributed by atoms with E-state index in [4.69, 9.17) is 27.2 Å². The Kier molecular flexibility index (Phi) is 3.02. The van der Waals surface area contributed by atoms with E-state index in [0.29, 0.717) is 16.9 Å². The Hall–Kier alpha value is -1.09. The molecule has 2 atom stereocenters. The minimum atomic E-state index is -0.234. The quantitative estimate of drug-likeness (QED) is 0.782. The van der Waals surface area contributed by atoms with Gasteiger partial charge in [0.05, 0.1) is 12.9 Å². The lowest BCUT2D eigenvalue weighted by Crippen LogP contribution is -2.14. The molecule has 3 N–H and O–H groups in total. The van der Waals surface area contributed by atoms with Gasteiger partial charge in [-0.05, 0) is 0 Å². The van der Waals surface area contributed by atoms with Gasteiger partial charge in [0, 0.05) is 5.75 Å². The van der Waals surface area contributed by atoms with Crippen molar-refractivity contribution in [2.45, 2.75) is 11.7 Å². The maximum Gasteiger partial charge on any atom is 0.223 e. The summed E-state index contributed by atoms with van der Waals surface area (Å²) < 4.78 is 7.39. The van der Waals surface area contributed by atoms with E-state index < -0.39 is 0 Å². The van der Waals surface area contributed by atoms with E-state index in [1.165, 1.54) is 11.8 Å². The van der Waals surface area contributed by atoms with Crippen LogP contribution >= 0.6 is 23.4 Å². The highest BCUT2D eigenvalue weighted by atomic mass is 35.5. The van der Waals surface area contributed by atoms with E-state index in [0.717, 1.165) is 0 Å². The molecule has 7 nitrogen and oxygen atoms in total. The van der Waals surface area contributed by atoms with Gasteiger partial charge in [0.2, 0.25) is 5.95 Å². The zero-order valence-electron chi connectivity index (χ0n) is 9.15. The van der Waals surface area contributed by atoms with Gasteiger partial charge in [-0.25, -0.2) is 4.98 Å². The molecule has 3 rings (SSSR count). The Morgan fingerprint density at radius 2 is 2.44 bits per heavy atom. The molecule has 0 unspecified atom stereocenters. The summed E-state index contributed by atoms with van der Waals surface area (Å²) in [6.45, 7) is -0.0221. The molecule has 3 heterocycles. The highest BCUT2D eigenvalue weighted by Crippen LogP contribution is 2.33. The zero-order chi connectivity index (χ0) is 12.7. The molecular weight excluding hydrogens is 278 g/mol. The third-order valence-electron chi connectivity index (χ3n) is 2.59. The molecule has 1 aliphatic rings. The fraction of sp³-hybridized carbons (Fsp3) is 0.444. The first-order valence-electron chi connectivity index (χ1n) is 5.22. The van der Waals surface area contributed by atoms with E-state index in [1.807, 2.05) is 0 Å². The van der Waals surface area contributed by atoms with Crippen molar-refractivity contribution in [3.05, 3.63) is 11.5 Å². The van der Waals surface area contributed by atoms with Crippen LogP contribution in [0.4, 0.5) is 5.95 Å². The first-order chi connectivity index (χ1) is 8.69. The number of aliphatic hydroxyl groups is 1. The van der Waals surface area contributed by atoms with Crippen LogP contribution in [0.25, 0.3) is 11.2 Å².